The standard InChI is InChI=1S/C15H16N2O3/c1-10-3-2-4-17(15(10)18)9-11-7-13-14(8-12(11)16)20-6-5-19-13/h2-4,7-8H,5-6,9,16H2,1H3. The van der Waals surface area contributed by atoms with Gasteiger partial charge in [0, 0.05) is 23.5 Å². The third kappa shape index (κ3) is 2.22. The van der Waals surface area contributed by atoms with Gasteiger partial charge in [0.15, 0.2) is 11.5 Å². The maximum Gasteiger partial charge on any atom is 0.253 e. The Hall–Kier alpha value is -2.43. The first kappa shape index (κ1) is 12.6. The number of aromatic nitrogens is 1. The maximum atomic E-state index is 12.0. The zero-order valence-electron chi connectivity index (χ0n) is 11.3. The number of fused-ring (bicyclic) bond motifs is 1. The lowest BCUT2D eigenvalue weighted by molar-refractivity contribution is 0.171. The average molecular weight is 272 g/mol. The van der Waals surface area contributed by atoms with Gasteiger partial charge in [0.05, 0.1) is 6.54 Å². The molecule has 1 aromatic carbocycles. The predicted molar refractivity (Wildman–Crippen MR) is 76.4 cm³/mol. The van der Waals surface area contributed by atoms with E-state index in [1.165, 1.54) is 0 Å². The summed E-state index contributed by atoms with van der Waals surface area (Å²) in [5.41, 5.74) is 8.18. The number of hydrogen-bond acceptors (Lipinski definition) is 4. The highest BCUT2D eigenvalue weighted by molar-refractivity contribution is 5.58. The summed E-state index contributed by atoms with van der Waals surface area (Å²) >= 11 is 0. The van der Waals surface area contributed by atoms with E-state index in [0.717, 1.165) is 5.56 Å². The number of nitrogens with zero attached hydrogens (tertiary/aromatic N) is 1. The van der Waals surface area contributed by atoms with E-state index in [9.17, 15) is 4.79 Å². The van der Waals surface area contributed by atoms with Gasteiger partial charge in [-0.15, -0.1) is 0 Å². The highest BCUT2D eigenvalue weighted by atomic mass is 16.6. The number of rotatable bonds is 2. The molecule has 0 aliphatic carbocycles. The molecule has 2 N–H and O–H groups in total. The molecule has 1 aliphatic heterocycles. The minimum absolute atomic E-state index is 0.0122. The van der Waals surface area contributed by atoms with E-state index < -0.39 is 0 Å². The number of benzene rings is 1. The highest BCUT2D eigenvalue weighted by Crippen LogP contribution is 2.34. The molecule has 1 aliphatic rings. The van der Waals surface area contributed by atoms with Gasteiger partial charge in [-0.25, -0.2) is 0 Å². The summed E-state index contributed by atoms with van der Waals surface area (Å²) in [5.74, 6) is 1.34. The molecule has 0 amide bonds. The van der Waals surface area contributed by atoms with Crippen molar-refractivity contribution in [3.05, 3.63) is 51.9 Å². The summed E-state index contributed by atoms with van der Waals surface area (Å²) in [6.07, 6.45) is 1.76. The van der Waals surface area contributed by atoms with Crippen LogP contribution in [0.4, 0.5) is 5.69 Å². The Bertz CT molecular complexity index is 707. The molecule has 20 heavy (non-hydrogen) atoms. The Balaban J connectivity index is 1.98. The van der Waals surface area contributed by atoms with Crippen molar-refractivity contribution in [3.8, 4) is 11.5 Å². The molecule has 5 nitrogen and oxygen atoms in total. The van der Waals surface area contributed by atoms with Crippen LogP contribution in [0, 0.1) is 6.92 Å². The van der Waals surface area contributed by atoms with Crippen molar-refractivity contribution in [3.63, 3.8) is 0 Å². The number of ether oxygens (including phenoxy) is 2. The molecule has 0 saturated heterocycles. The van der Waals surface area contributed by atoms with Crippen LogP contribution in [-0.2, 0) is 6.54 Å². The summed E-state index contributed by atoms with van der Waals surface area (Å²) in [5, 5.41) is 0. The number of aryl methyl sites for hydroxylation is 1. The lowest BCUT2D eigenvalue weighted by Gasteiger charge is -2.20. The van der Waals surface area contributed by atoms with Crippen molar-refractivity contribution < 1.29 is 9.47 Å². The summed E-state index contributed by atoms with van der Waals surface area (Å²) < 4.78 is 12.7. The van der Waals surface area contributed by atoms with Crippen LogP contribution < -0.4 is 20.8 Å². The second-order valence-corrected chi connectivity index (χ2v) is 4.82. The molecule has 3 rings (SSSR count). The van der Waals surface area contributed by atoms with Crippen LogP contribution in [0.3, 0.4) is 0 Å². The van der Waals surface area contributed by atoms with Crippen LogP contribution in [0.25, 0.3) is 0 Å². The molecule has 0 saturated carbocycles. The largest absolute Gasteiger partial charge is 0.486 e. The average Bonchev–Trinajstić information content (AvgIpc) is 2.44. The fourth-order valence-corrected chi connectivity index (χ4v) is 2.25. The van der Waals surface area contributed by atoms with Crippen molar-refractivity contribution in [1.82, 2.24) is 4.57 Å². The maximum absolute atomic E-state index is 12.0. The second-order valence-electron chi connectivity index (χ2n) is 4.82. The van der Waals surface area contributed by atoms with E-state index >= 15 is 0 Å². The number of nitrogens with two attached hydrogens (primary N) is 1. The zero-order valence-corrected chi connectivity index (χ0v) is 11.3. The summed E-state index contributed by atoms with van der Waals surface area (Å²) in [6.45, 7) is 3.28. The molecule has 0 radical (unpaired) electrons. The molecule has 0 fully saturated rings. The third-order valence-corrected chi connectivity index (χ3v) is 3.36. The Kier molecular flexibility index (Phi) is 3.10. The Morgan fingerprint density at radius 2 is 1.95 bits per heavy atom. The molecule has 0 unspecified atom stereocenters. The SMILES string of the molecule is Cc1cccn(Cc2cc3c(cc2N)OCCO3)c1=O. The zero-order chi connectivity index (χ0) is 14.1. The Labute approximate surface area is 116 Å². The second kappa shape index (κ2) is 4.92. The summed E-state index contributed by atoms with van der Waals surface area (Å²) in [4.78, 5) is 12.0. The lowest BCUT2D eigenvalue weighted by Crippen LogP contribution is -2.22. The van der Waals surface area contributed by atoms with Crippen LogP contribution >= 0.6 is 0 Å². The van der Waals surface area contributed by atoms with E-state index in [0.29, 0.717) is 42.5 Å². The molecular formula is C15H16N2O3. The minimum atomic E-state index is -0.0122. The number of anilines is 1. The van der Waals surface area contributed by atoms with Crippen molar-refractivity contribution in [2.45, 2.75) is 13.5 Å². The molecular weight excluding hydrogens is 256 g/mol. The van der Waals surface area contributed by atoms with Gasteiger partial charge in [-0.2, -0.15) is 0 Å². The van der Waals surface area contributed by atoms with Crippen LogP contribution in [0.1, 0.15) is 11.1 Å². The molecule has 0 atom stereocenters. The number of hydrogen-bond donors (Lipinski definition) is 1. The van der Waals surface area contributed by atoms with Gasteiger partial charge in [-0.1, -0.05) is 6.07 Å². The third-order valence-electron chi connectivity index (χ3n) is 3.36. The Morgan fingerprint density at radius 3 is 2.70 bits per heavy atom. The first-order chi connectivity index (χ1) is 9.65. The first-order valence-electron chi connectivity index (χ1n) is 6.49. The highest BCUT2D eigenvalue weighted by Gasteiger charge is 2.15. The van der Waals surface area contributed by atoms with Crippen molar-refractivity contribution in [2.75, 3.05) is 18.9 Å². The van der Waals surface area contributed by atoms with Gasteiger partial charge in [-0.3, -0.25) is 4.79 Å². The van der Waals surface area contributed by atoms with Gasteiger partial charge < -0.3 is 19.8 Å². The molecule has 104 valence electrons. The fraction of sp³-hybridized carbons (Fsp3) is 0.267. The molecule has 2 aromatic rings. The number of nitrogen functional groups attached to an aromatic ring is 1. The van der Waals surface area contributed by atoms with Gasteiger partial charge in [0.25, 0.3) is 5.56 Å². The normalized spacial score (nSPS) is 13.2. The first-order valence-corrected chi connectivity index (χ1v) is 6.49. The van der Waals surface area contributed by atoms with Crippen LogP contribution in [-0.4, -0.2) is 17.8 Å². The molecule has 2 heterocycles. The van der Waals surface area contributed by atoms with Gasteiger partial charge in [-0.05, 0) is 24.6 Å². The summed E-state index contributed by atoms with van der Waals surface area (Å²) in [6, 6.07) is 7.25. The minimum Gasteiger partial charge on any atom is -0.486 e. The monoisotopic (exact) mass is 272 g/mol. The topological polar surface area (TPSA) is 66.5 Å². The van der Waals surface area contributed by atoms with E-state index in [4.69, 9.17) is 15.2 Å². The van der Waals surface area contributed by atoms with E-state index in [-0.39, 0.29) is 5.56 Å². The molecule has 0 spiro atoms. The van der Waals surface area contributed by atoms with Crippen molar-refractivity contribution in [1.29, 1.82) is 0 Å². The van der Waals surface area contributed by atoms with Crippen LogP contribution in [0.2, 0.25) is 0 Å². The van der Waals surface area contributed by atoms with E-state index in [2.05, 4.69) is 0 Å². The van der Waals surface area contributed by atoms with Gasteiger partial charge in [0.1, 0.15) is 13.2 Å². The van der Waals surface area contributed by atoms with Crippen molar-refractivity contribution >= 4 is 5.69 Å². The van der Waals surface area contributed by atoms with Crippen LogP contribution in [0.15, 0.2) is 35.3 Å². The lowest BCUT2D eigenvalue weighted by atomic mass is 10.1. The van der Waals surface area contributed by atoms with Gasteiger partial charge in [0.2, 0.25) is 0 Å². The number of pyridine rings is 1. The fourth-order valence-electron chi connectivity index (χ4n) is 2.25. The van der Waals surface area contributed by atoms with E-state index in [1.54, 1.807) is 29.8 Å². The molecule has 5 heteroatoms. The van der Waals surface area contributed by atoms with Crippen LogP contribution in [0.5, 0.6) is 11.5 Å². The van der Waals surface area contributed by atoms with E-state index in [1.807, 2.05) is 12.1 Å². The predicted octanol–water partition coefficient (Wildman–Crippen LogP) is 1.56. The Morgan fingerprint density at radius 1 is 1.25 bits per heavy atom. The van der Waals surface area contributed by atoms with Gasteiger partial charge >= 0.3 is 0 Å². The quantitative estimate of drug-likeness (QED) is 0.842. The molecule has 1 aromatic heterocycles. The summed E-state index contributed by atoms with van der Waals surface area (Å²) in [7, 11) is 0. The molecule has 0 bridgehead atoms. The van der Waals surface area contributed by atoms with Crippen molar-refractivity contribution in [2.24, 2.45) is 0 Å². The smallest absolute Gasteiger partial charge is 0.253 e.